The molecule has 0 unspecified atom stereocenters. The average molecular weight is 251 g/mol. The lowest BCUT2D eigenvalue weighted by molar-refractivity contribution is 0.00557. The van der Waals surface area contributed by atoms with Crippen LogP contribution in [0.25, 0.3) is 0 Å². The van der Waals surface area contributed by atoms with Crippen molar-refractivity contribution in [2.75, 3.05) is 11.9 Å². The van der Waals surface area contributed by atoms with Crippen molar-refractivity contribution < 1.29 is 9.53 Å². The Kier molecular flexibility index (Phi) is 4.64. The topological polar surface area (TPSA) is 64.1 Å². The third-order valence-electron chi connectivity index (χ3n) is 1.93. The molecule has 5 nitrogen and oxygen atoms in total. The Morgan fingerprint density at radius 2 is 2.11 bits per heavy atom. The summed E-state index contributed by atoms with van der Waals surface area (Å²) in [4.78, 5) is 19.8. The highest BCUT2D eigenvalue weighted by atomic mass is 16.6. The van der Waals surface area contributed by atoms with E-state index in [4.69, 9.17) is 4.74 Å². The number of hydrogen-bond donors (Lipinski definition) is 1. The van der Waals surface area contributed by atoms with Crippen LogP contribution in [0.3, 0.4) is 0 Å². The maximum atomic E-state index is 11.8. The average Bonchev–Trinajstić information content (AvgIpc) is 2.24. The van der Waals surface area contributed by atoms with Crippen molar-refractivity contribution in [1.29, 1.82) is 0 Å². The van der Waals surface area contributed by atoms with Crippen molar-refractivity contribution in [3.05, 3.63) is 18.1 Å². The second-order valence-corrected chi connectivity index (χ2v) is 5.54. The molecule has 0 spiro atoms. The molecule has 1 aromatic heterocycles. The highest BCUT2D eigenvalue weighted by molar-refractivity contribution is 5.85. The predicted octanol–water partition coefficient (Wildman–Crippen LogP) is 2.50. The summed E-state index contributed by atoms with van der Waals surface area (Å²) in [5.41, 5.74) is -0.540. The molecule has 0 fully saturated rings. The van der Waals surface area contributed by atoms with E-state index in [0.717, 1.165) is 6.54 Å². The van der Waals surface area contributed by atoms with Crippen LogP contribution >= 0.6 is 0 Å². The molecule has 0 radical (unpaired) electrons. The minimum Gasteiger partial charge on any atom is -0.454 e. The normalized spacial score (nSPS) is 11.4. The fraction of sp³-hybridized carbons (Fsp3) is 0.615. The summed E-state index contributed by atoms with van der Waals surface area (Å²) in [5.74, 6) is 0.721. The Hall–Kier alpha value is -1.65. The summed E-state index contributed by atoms with van der Waals surface area (Å²) in [6.07, 6.45) is 1.55. The number of esters is 1. The Morgan fingerprint density at radius 3 is 2.67 bits per heavy atom. The maximum Gasteiger partial charge on any atom is 0.376 e. The van der Waals surface area contributed by atoms with Gasteiger partial charge in [-0.2, -0.15) is 0 Å². The van der Waals surface area contributed by atoms with Gasteiger partial charge >= 0.3 is 5.97 Å². The van der Waals surface area contributed by atoms with Gasteiger partial charge < -0.3 is 10.1 Å². The van der Waals surface area contributed by atoms with E-state index in [0.29, 0.717) is 11.7 Å². The van der Waals surface area contributed by atoms with E-state index in [1.54, 1.807) is 12.3 Å². The van der Waals surface area contributed by atoms with Gasteiger partial charge in [0.15, 0.2) is 0 Å². The minimum absolute atomic E-state index is 0.0821. The fourth-order valence-corrected chi connectivity index (χ4v) is 1.19. The van der Waals surface area contributed by atoms with E-state index < -0.39 is 11.6 Å². The number of aromatic nitrogens is 2. The first kappa shape index (κ1) is 14.4. The molecule has 18 heavy (non-hydrogen) atoms. The molecule has 0 saturated carbocycles. The van der Waals surface area contributed by atoms with Crippen LogP contribution < -0.4 is 5.32 Å². The summed E-state index contributed by atoms with van der Waals surface area (Å²) in [6, 6.07) is 1.73. The van der Waals surface area contributed by atoms with Crippen LogP contribution in [0.1, 0.15) is 45.2 Å². The Morgan fingerprint density at radius 1 is 1.44 bits per heavy atom. The molecular formula is C13H21N3O2. The zero-order valence-corrected chi connectivity index (χ0v) is 11.7. The van der Waals surface area contributed by atoms with Crippen molar-refractivity contribution >= 4 is 11.8 Å². The van der Waals surface area contributed by atoms with Gasteiger partial charge in [-0.05, 0) is 32.8 Å². The predicted molar refractivity (Wildman–Crippen MR) is 70.5 cm³/mol. The largest absolute Gasteiger partial charge is 0.454 e. The summed E-state index contributed by atoms with van der Waals surface area (Å²) >= 11 is 0. The lowest BCUT2D eigenvalue weighted by Gasteiger charge is -2.18. The lowest BCUT2D eigenvalue weighted by Crippen LogP contribution is -2.25. The van der Waals surface area contributed by atoms with E-state index in [2.05, 4.69) is 29.1 Å². The van der Waals surface area contributed by atoms with Crippen molar-refractivity contribution in [1.82, 2.24) is 9.97 Å². The van der Waals surface area contributed by atoms with E-state index in [1.807, 2.05) is 20.8 Å². The number of carbonyl (C=O) groups excluding carboxylic acids is 1. The fourth-order valence-electron chi connectivity index (χ4n) is 1.19. The van der Waals surface area contributed by atoms with Gasteiger partial charge in [-0.3, -0.25) is 0 Å². The molecule has 0 aliphatic carbocycles. The number of carbonyl (C=O) groups is 1. The van der Waals surface area contributed by atoms with Crippen LogP contribution in [0.4, 0.5) is 5.82 Å². The van der Waals surface area contributed by atoms with E-state index >= 15 is 0 Å². The molecule has 0 aliphatic rings. The molecule has 0 atom stereocenters. The van der Waals surface area contributed by atoms with E-state index in [1.165, 1.54) is 0 Å². The van der Waals surface area contributed by atoms with Gasteiger partial charge in [0.25, 0.3) is 0 Å². The third-order valence-corrected chi connectivity index (χ3v) is 1.93. The van der Waals surface area contributed by atoms with E-state index in [9.17, 15) is 4.79 Å². The Labute approximate surface area is 108 Å². The Balaban J connectivity index is 2.72. The third kappa shape index (κ3) is 5.12. The molecule has 0 aliphatic heterocycles. The highest BCUT2D eigenvalue weighted by Gasteiger charge is 2.20. The molecule has 1 rings (SSSR count). The summed E-state index contributed by atoms with van der Waals surface area (Å²) in [5, 5.41) is 3.14. The molecule has 0 amide bonds. The quantitative estimate of drug-likeness (QED) is 0.833. The van der Waals surface area contributed by atoms with Crippen molar-refractivity contribution in [2.45, 2.75) is 40.2 Å². The minimum atomic E-state index is -0.540. The molecular weight excluding hydrogens is 230 g/mol. The van der Waals surface area contributed by atoms with Crippen LogP contribution in [0, 0.1) is 5.92 Å². The number of hydrogen-bond acceptors (Lipinski definition) is 5. The van der Waals surface area contributed by atoms with Gasteiger partial charge in [-0.25, -0.2) is 14.8 Å². The van der Waals surface area contributed by atoms with Gasteiger partial charge in [-0.1, -0.05) is 13.8 Å². The first-order valence-corrected chi connectivity index (χ1v) is 6.08. The molecule has 0 aromatic carbocycles. The van der Waals surface area contributed by atoms with Crippen LogP contribution in [0.2, 0.25) is 0 Å². The Bertz CT molecular complexity index is 411. The van der Waals surface area contributed by atoms with Gasteiger partial charge in [0.05, 0.1) is 0 Å². The summed E-state index contributed by atoms with van der Waals surface area (Å²) in [7, 11) is 0. The van der Waals surface area contributed by atoms with Crippen LogP contribution in [-0.2, 0) is 4.74 Å². The van der Waals surface area contributed by atoms with E-state index in [-0.39, 0.29) is 5.82 Å². The smallest absolute Gasteiger partial charge is 0.376 e. The van der Waals surface area contributed by atoms with Crippen molar-refractivity contribution in [3.8, 4) is 0 Å². The molecule has 1 heterocycles. The SMILES string of the molecule is CC(C)CNc1ccnc(C(=O)OC(C)(C)C)n1. The second-order valence-electron chi connectivity index (χ2n) is 5.54. The zero-order valence-electron chi connectivity index (χ0n) is 11.7. The lowest BCUT2D eigenvalue weighted by atomic mass is 10.2. The number of ether oxygens (including phenoxy) is 1. The number of nitrogens with zero attached hydrogens (tertiary/aromatic N) is 2. The summed E-state index contributed by atoms with van der Waals surface area (Å²) in [6.45, 7) is 10.4. The number of nitrogens with one attached hydrogen (secondary N) is 1. The molecule has 1 N–H and O–H groups in total. The molecule has 100 valence electrons. The van der Waals surface area contributed by atoms with Crippen molar-refractivity contribution in [3.63, 3.8) is 0 Å². The van der Waals surface area contributed by atoms with Crippen molar-refractivity contribution in [2.24, 2.45) is 5.92 Å². The molecule has 0 saturated heterocycles. The maximum absolute atomic E-state index is 11.8. The standard InChI is InChI=1S/C13H21N3O2/c1-9(2)8-15-10-6-7-14-11(16-10)12(17)18-13(3,4)5/h6-7,9H,8H2,1-5H3,(H,14,15,16). The molecule has 5 heteroatoms. The first-order valence-electron chi connectivity index (χ1n) is 6.08. The van der Waals surface area contributed by atoms with Gasteiger partial charge in [0.1, 0.15) is 11.4 Å². The highest BCUT2D eigenvalue weighted by Crippen LogP contribution is 2.11. The monoisotopic (exact) mass is 251 g/mol. The number of rotatable bonds is 4. The van der Waals surface area contributed by atoms with Gasteiger partial charge in [-0.15, -0.1) is 0 Å². The first-order chi connectivity index (χ1) is 8.28. The van der Waals surface area contributed by atoms with Crippen LogP contribution in [0.15, 0.2) is 12.3 Å². The van der Waals surface area contributed by atoms with Crippen LogP contribution in [-0.4, -0.2) is 28.1 Å². The molecule has 0 bridgehead atoms. The van der Waals surface area contributed by atoms with Crippen LogP contribution in [0.5, 0.6) is 0 Å². The molecule has 1 aromatic rings. The van der Waals surface area contributed by atoms with Gasteiger partial charge in [0, 0.05) is 12.7 Å². The number of anilines is 1. The zero-order chi connectivity index (χ0) is 13.8. The summed E-state index contributed by atoms with van der Waals surface area (Å²) < 4.78 is 5.21. The second kappa shape index (κ2) is 5.80. The van der Waals surface area contributed by atoms with Gasteiger partial charge in [0.2, 0.25) is 5.82 Å².